The average Bonchev–Trinajstić information content (AvgIpc) is 2.91. The quantitative estimate of drug-likeness (QED) is 0.365. The highest BCUT2D eigenvalue weighted by Crippen LogP contribution is 2.28. The van der Waals surface area contributed by atoms with Crippen molar-refractivity contribution in [1.29, 1.82) is 0 Å². The molecule has 0 radical (unpaired) electrons. The largest absolute Gasteiger partial charge is 0.456 e. The summed E-state index contributed by atoms with van der Waals surface area (Å²) in [5.74, 6) is -1.05. The molecule has 0 aromatic heterocycles. The van der Waals surface area contributed by atoms with Gasteiger partial charge in [-0.25, -0.2) is 0 Å². The van der Waals surface area contributed by atoms with Crippen molar-refractivity contribution in [1.82, 2.24) is 5.32 Å². The minimum atomic E-state index is -0.896. The van der Waals surface area contributed by atoms with Crippen molar-refractivity contribution in [3.8, 4) is 0 Å². The Morgan fingerprint density at radius 2 is 2.05 bits per heavy atom. The molecule has 2 saturated heterocycles. The Labute approximate surface area is 113 Å². The summed E-state index contributed by atoms with van der Waals surface area (Å²) < 4.78 is 15.3. The second-order valence-corrected chi connectivity index (χ2v) is 4.42. The molecule has 0 aromatic carbocycles. The third-order valence-electron chi connectivity index (χ3n) is 2.98. The highest BCUT2D eigenvalue weighted by molar-refractivity contribution is 5.80. The molecule has 2 fully saturated rings. The van der Waals surface area contributed by atoms with E-state index in [9.17, 15) is 19.7 Å². The fraction of sp³-hybridized carbons (Fsp3) is 0.800. The van der Waals surface area contributed by atoms with E-state index in [1.807, 2.05) is 0 Å². The number of carbonyl (C=O) groups excluding carboxylic acids is 2. The van der Waals surface area contributed by atoms with Crippen molar-refractivity contribution in [3.05, 3.63) is 10.1 Å². The molecule has 4 atom stereocenters. The molecule has 20 heavy (non-hydrogen) atoms. The van der Waals surface area contributed by atoms with Crippen LogP contribution in [-0.4, -0.2) is 61.1 Å². The molecule has 4 unspecified atom stereocenters. The van der Waals surface area contributed by atoms with Gasteiger partial charge in [0, 0.05) is 6.92 Å². The van der Waals surface area contributed by atoms with Crippen LogP contribution >= 0.6 is 0 Å². The number of nitrogens with zero attached hydrogens (tertiary/aromatic N) is 1. The standard InChI is InChI=1S/C10H14N2O8/c1-5(13)17-4-8(14)11-6-2-18-10-7(20-12(15)16)3-19-9(6)10/h6-7,9-10H,2-4H2,1H3,(H,11,14). The first-order chi connectivity index (χ1) is 9.47. The lowest BCUT2D eigenvalue weighted by atomic mass is 10.1. The van der Waals surface area contributed by atoms with Gasteiger partial charge in [0.15, 0.2) is 12.7 Å². The maximum atomic E-state index is 11.5. The van der Waals surface area contributed by atoms with Gasteiger partial charge in [0.05, 0.1) is 19.3 Å². The number of rotatable bonds is 5. The van der Waals surface area contributed by atoms with Crippen LogP contribution in [0.5, 0.6) is 0 Å². The Bertz CT molecular complexity index is 414. The summed E-state index contributed by atoms with van der Waals surface area (Å²) in [6.45, 7) is 0.977. The van der Waals surface area contributed by atoms with E-state index in [4.69, 9.17) is 9.47 Å². The van der Waals surface area contributed by atoms with Gasteiger partial charge >= 0.3 is 5.97 Å². The number of ether oxygens (including phenoxy) is 3. The van der Waals surface area contributed by atoms with Gasteiger partial charge in [-0.2, -0.15) is 0 Å². The van der Waals surface area contributed by atoms with E-state index >= 15 is 0 Å². The normalized spacial score (nSPS) is 31.4. The Balaban J connectivity index is 1.83. The van der Waals surface area contributed by atoms with E-state index < -0.39 is 47.9 Å². The fourth-order valence-corrected chi connectivity index (χ4v) is 2.20. The molecule has 2 heterocycles. The van der Waals surface area contributed by atoms with Gasteiger partial charge < -0.3 is 24.4 Å². The van der Waals surface area contributed by atoms with Crippen LogP contribution in [0.3, 0.4) is 0 Å². The number of fused-ring (bicyclic) bond motifs is 1. The first-order valence-corrected chi connectivity index (χ1v) is 5.94. The van der Waals surface area contributed by atoms with Crippen molar-refractivity contribution in [3.63, 3.8) is 0 Å². The topological polar surface area (TPSA) is 126 Å². The lowest BCUT2D eigenvalue weighted by molar-refractivity contribution is -0.769. The molecule has 1 N–H and O–H groups in total. The zero-order valence-electron chi connectivity index (χ0n) is 10.6. The molecule has 0 aliphatic carbocycles. The summed E-state index contributed by atoms with van der Waals surface area (Å²) in [6.07, 6.45) is -1.91. The molecule has 0 spiro atoms. The third kappa shape index (κ3) is 3.33. The Morgan fingerprint density at radius 3 is 2.70 bits per heavy atom. The molecule has 0 bridgehead atoms. The van der Waals surface area contributed by atoms with E-state index in [0.29, 0.717) is 0 Å². The average molecular weight is 290 g/mol. The van der Waals surface area contributed by atoms with Gasteiger partial charge in [0.25, 0.3) is 11.0 Å². The highest BCUT2D eigenvalue weighted by Gasteiger charge is 2.49. The SMILES string of the molecule is CC(=O)OCC(=O)NC1COC2C(O[N+](=O)[O-])COC12. The molecule has 2 aliphatic heterocycles. The molecular weight excluding hydrogens is 276 g/mol. The van der Waals surface area contributed by atoms with Crippen LogP contribution in [-0.2, 0) is 28.6 Å². The first-order valence-electron chi connectivity index (χ1n) is 5.94. The molecule has 2 rings (SSSR count). The lowest BCUT2D eigenvalue weighted by Gasteiger charge is -2.17. The number of carbonyl (C=O) groups is 2. The number of amides is 1. The molecule has 2 aliphatic rings. The maximum Gasteiger partial charge on any atom is 0.303 e. The zero-order chi connectivity index (χ0) is 14.7. The number of nitrogens with one attached hydrogen (secondary N) is 1. The molecule has 0 saturated carbocycles. The van der Waals surface area contributed by atoms with Gasteiger partial charge in [0.1, 0.15) is 12.2 Å². The summed E-state index contributed by atoms with van der Waals surface area (Å²) in [6, 6.07) is -0.455. The predicted octanol–water partition coefficient (Wildman–Crippen LogP) is -1.59. The van der Waals surface area contributed by atoms with Gasteiger partial charge in [-0.1, -0.05) is 0 Å². The van der Waals surface area contributed by atoms with Crippen LogP contribution in [0.15, 0.2) is 0 Å². The van der Waals surface area contributed by atoms with Crippen LogP contribution in [0, 0.1) is 10.1 Å². The lowest BCUT2D eigenvalue weighted by Crippen LogP contribution is -2.45. The minimum absolute atomic E-state index is 0.0205. The van der Waals surface area contributed by atoms with Crippen LogP contribution in [0.2, 0.25) is 0 Å². The minimum Gasteiger partial charge on any atom is -0.456 e. The van der Waals surface area contributed by atoms with Crippen LogP contribution in [0.25, 0.3) is 0 Å². The summed E-state index contributed by atoms with van der Waals surface area (Å²) in [7, 11) is 0. The van der Waals surface area contributed by atoms with Gasteiger partial charge in [-0.15, -0.1) is 10.1 Å². The van der Waals surface area contributed by atoms with E-state index in [1.54, 1.807) is 0 Å². The Morgan fingerprint density at radius 1 is 1.35 bits per heavy atom. The van der Waals surface area contributed by atoms with Gasteiger partial charge in [-0.05, 0) is 0 Å². The predicted molar refractivity (Wildman–Crippen MR) is 59.9 cm³/mol. The van der Waals surface area contributed by atoms with Crippen molar-refractivity contribution >= 4 is 11.9 Å². The second-order valence-electron chi connectivity index (χ2n) is 4.42. The molecule has 112 valence electrons. The first kappa shape index (κ1) is 14.5. The summed E-state index contributed by atoms with van der Waals surface area (Å²) in [4.78, 5) is 36.8. The number of hydrogen-bond donors (Lipinski definition) is 1. The number of esters is 1. The van der Waals surface area contributed by atoms with Gasteiger partial charge in [-0.3, -0.25) is 9.59 Å². The Kier molecular flexibility index (Phi) is 4.35. The van der Waals surface area contributed by atoms with Gasteiger partial charge in [0.2, 0.25) is 0 Å². The highest BCUT2D eigenvalue weighted by atomic mass is 17.0. The molecule has 0 aromatic rings. The maximum absolute atomic E-state index is 11.5. The van der Waals surface area contributed by atoms with E-state index in [1.165, 1.54) is 6.92 Å². The second kappa shape index (κ2) is 6.01. The summed E-state index contributed by atoms with van der Waals surface area (Å²) >= 11 is 0. The molecule has 10 heteroatoms. The van der Waals surface area contributed by atoms with Crippen molar-refractivity contribution in [2.75, 3.05) is 19.8 Å². The van der Waals surface area contributed by atoms with Crippen LogP contribution in [0.4, 0.5) is 0 Å². The monoisotopic (exact) mass is 290 g/mol. The molecule has 1 amide bonds. The Hall–Kier alpha value is -1.94. The van der Waals surface area contributed by atoms with Crippen LogP contribution in [0.1, 0.15) is 6.92 Å². The summed E-state index contributed by atoms with van der Waals surface area (Å²) in [5.41, 5.74) is 0. The van der Waals surface area contributed by atoms with Crippen molar-refractivity contribution < 1.29 is 33.7 Å². The van der Waals surface area contributed by atoms with E-state index in [0.717, 1.165) is 0 Å². The van der Waals surface area contributed by atoms with E-state index in [2.05, 4.69) is 14.9 Å². The fourth-order valence-electron chi connectivity index (χ4n) is 2.20. The molecule has 10 nitrogen and oxygen atoms in total. The van der Waals surface area contributed by atoms with Crippen molar-refractivity contribution in [2.24, 2.45) is 0 Å². The zero-order valence-corrected chi connectivity index (χ0v) is 10.6. The third-order valence-corrected chi connectivity index (χ3v) is 2.98. The summed E-state index contributed by atoms with van der Waals surface area (Å²) in [5, 5.41) is 12.0. The van der Waals surface area contributed by atoms with Crippen molar-refractivity contribution in [2.45, 2.75) is 31.3 Å². The van der Waals surface area contributed by atoms with E-state index in [-0.39, 0.29) is 13.2 Å². The van der Waals surface area contributed by atoms with Crippen LogP contribution < -0.4 is 5.32 Å². The smallest absolute Gasteiger partial charge is 0.303 e. The number of hydrogen-bond acceptors (Lipinski definition) is 8. The molecular formula is C10H14N2O8.